The molecule has 140 valence electrons. The Kier molecular flexibility index (Phi) is 4.80. The number of fused-ring (bicyclic) bond motifs is 6. The van der Waals surface area contributed by atoms with Gasteiger partial charge in [0.15, 0.2) is 0 Å². The molecular formula is C22H28O4. The number of aliphatic hydroxyl groups excluding tert-OH is 2. The summed E-state index contributed by atoms with van der Waals surface area (Å²) < 4.78 is 12.2. The predicted molar refractivity (Wildman–Crippen MR) is 102 cm³/mol. The van der Waals surface area contributed by atoms with E-state index in [1.165, 1.54) is 29.5 Å². The lowest BCUT2D eigenvalue weighted by molar-refractivity contribution is 0.198. The van der Waals surface area contributed by atoms with Crippen LogP contribution in [0, 0.1) is 5.92 Å². The molecule has 4 rings (SSSR count). The highest BCUT2D eigenvalue weighted by molar-refractivity contribution is 5.97. The molecule has 2 aliphatic rings. The molecule has 2 bridgehead atoms. The topological polar surface area (TPSA) is 58.9 Å². The van der Waals surface area contributed by atoms with Gasteiger partial charge in [-0.15, -0.1) is 0 Å². The highest BCUT2D eigenvalue weighted by atomic mass is 16.5. The van der Waals surface area contributed by atoms with Gasteiger partial charge in [0.25, 0.3) is 0 Å². The normalized spacial score (nSPS) is 23.5. The summed E-state index contributed by atoms with van der Waals surface area (Å²) in [6.07, 6.45) is 3.33. The third kappa shape index (κ3) is 2.58. The lowest BCUT2D eigenvalue weighted by atomic mass is 9.86. The number of hydrogen-bond acceptors (Lipinski definition) is 4. The minimum atomic E-state index is 0.00965. The van der Waals surface area contributed by atoms with Crippen molar-refractivity contribution >= 4 is 10.8 Å². The van der Waals surface area contributed by atoms with Crippen LogP contribution in [0.2, 0.25) is 0 Å². The molecule has 2 aromatic carbocycles. The molecule has 0 saturated heterocycles. The molecule has 2 aromatic rings. The predicted octanol–water partition coefficient (Wildman–Crippen LogP) is 3.76. The third-order valence-electron chi connectivity index (χ3n) is 6.24. The van der Waals surface area contributed by atoms with E-state index >= 15 is 0 Å². The molecule has 1 saturated carbocycles. The van der Waals surface area contributed by atoms with Gasteiger partial charge in [0, 0.05) is 21.9 Å². The van der Waals surface area contributed by atoms with Crippen molar-refractivity contribution in [2.75, 3.05) is 26.4 Å². The van der Waals surface area contributed by atoms with Crippen molar-refractivity contribution < 1.29 is 19.7 Å². The second-order valence-electron chi connectivity index (χ2n) is 7.51. The van der Waals surface area contributed by atoms with Crippen molar-refractivity contribution in [2.24, 2.45) is 5.92 Å². The van der Waals surface area contributed by atoms with Crippen molar-refractivity contribution in [1.29, 1.82) is 0 Å². The summed E-state index contributed by atoms with van der Waals surface area (Å²) in [6, 6.07) is 6.47. The molecule has 0 aromatic heterocycles. The monoisotopic (exact) mass is 356 g/mol. The summed E-state index contributed by atoms with van der Waals surface area (Å²) in [6.45, 7) is 5.11. The molecule has 0 aliphatic heterocycles. The Morgan fingerprint density at radius 3 is 2.04 bits per heavy atom. The van der Waals surface area contributed by atoms with Gasteiger partial charge in [0.1, 0.15) is 24.7 Å². The summed E-state index contributed by atoms with van der Waals surface area (Å²) in [7, 11) is 0. The van der Waals surface area contributed by atoms with Crippen LogP contribution in [0.4, 0.5) is 0 Å². The average molecular weight is 356 g/mol. The van der Waals surface area contributed by atoms with Gasteiger partial charge in [-0.3, -0.25) is 0 Å². The quantitative estimate of drug-likeness (QED) is 0.793. The summed E-state index contributed by atoms with van der Waals surface area (Å²) in [4.78, 5) is 0. The van der Waals surface area contributed by atoms with E-state index in [1.54, 1.807) is 0 Å². The van der Waals surface area contributed by atoms with Gasteiger partial charge in [-0.05, 0) is 48.6 Å². The van der Waals surface area contributed by atoms with Crippen molar-refractivity contribution in [3.05, 3.63) is 34.9 Å². The fraction of sp³-hybridized carbons (Fsp3) is 0.545. The molecule has 1 fully saturated rings. The SMILES string of the molecule is CCc1ccc2c(OCCO)c3c(c(OCCO)c2c1)C1CCC3C1C. The maximum Gasteiger partial charge on any atom is 0.131 e. The second-order valence-corrected chi connectivity index (χ2v) is 7.51. The molecule has 0 heterocycles. The standard InChI is InChI=1S/C22H28O4/c1-3-14-4-5-17-18(12-14)22(26-11-9-24)20-16-7-6-15(13(16)2)19(20)21(17)25-10-8-23/h4-5,12-13,15-16,23-24H,3,6-11H2,1-2H3. The number of benzene rings is 2. The fourth-order valence-corrected chi connectivity index (χ4v) is 5.05. The van der Waals surface area contributed by atoms with E-state index in [9.17, 15) is 10.2 Å². The highest BCUT2D eigenvalue weighted by Crippen LogP contribution is 2.63. The maximum atomic E-state index is 9.33. The molecule has 3 atom stereocenters. The number of aryl methyl sites for hydroxylation is 1. The van der Waals surface area contributed by atoms with Gasteiger partial charge >= 0.3 is 0 Å². The van der Waals surface area contributed by atoms with E-state index in [0.717, 1.165) is 28.7 Å². The minimum Gasteiger partial charge on any atom is -0.490 e. The maximum absolute atomic E-state index is 9.33. The first-order valence-electron chi connectivity index (χ1n) is 9.80. The van der Waals surface area contributed by atoms with Crippen molar-refractivity contribution in [1.82, 2.24) is 0 Å². The Bertz CT molecular complexity index is 814. The Balaban J connectivity index is 2.00. The first-order chi connectivity index (χ1) is 12.7. The number of ether oxygens (including phenoxy) is 2. The van der Waals surface area contributed by atoms with Crippen LogP contribution in [0.1, 0.15) is 55.2 Å². The van der Waals surface area contributed by atoms with E-state index in [4.69, 9.17) is 9.47 Å². The van der Waals surface area contributed by atoms with Crippen LogP contribution in [0.5, 0.6) is 11.5 Å². The third-order valence-corrected chi connectivity index (χ3v) is 6.24. The average Bonchev–Trinajstić information content (AvgIpc) is 3.17. The van der Waals surface area contributed by atoms with E-state index in [2.05, 4.69) is 32.0 Å². The number of aliphatic hydroxyl groups is 2. The van der Waals surface area contributed by atoms with Crippen LogP contribution in [0.3, 0.4) is 0 Å². The van der Waals surface area contributed by atoms with Crippen molar-refractivity contribution in [3.63, 3.8) is 0 Å². The molecule has 26 heavy (non-hydrogen) atoms. The molecule has 4 heteroatoms. The summed E-state index contributed by atoms with van der Waals surface area (Å²) in [5, 5.41) is 20.8. The van der Waals surface area contributed by atoms with Crippen LogP contribution < -0.4 is 9.47 Å². The zero-order chi connectivity index (χ0) is 18.3. The fourth-order valence-electron chi connectivity index (χ4n) is 5.05. The van der Waals surface area contributed by atoms with Gasteiger partial charge in [0.2, 0.25) is 0 Å². The molecule has 4 nitrogen and oxygen atoms in total. The Morgan fingerprint density at radius 2 is 1.50 bits per heavy atom. The molecule has 2 aliphatic carbocycles. The van der Waals surface area contributed by atoms with Crippen LogP contribution in [0.15, 0.2) is 18.2 Å². The largest absolute Gasteiger partial charge is 0.490 e. The molecule has 2 N–H and O–H groups in total. The van der Waals surface area contributed by atoms with E-state index < -0.39 is 0 Å². The second kappa shape index (κ2) is 7.09. The molecule has 0 spiro atoms. The van der Waals surface area contributed by atoms with Gasteiger partial charge < -0.3 is 19.7 Å². The minimum absolute atomic E-state index is 0.00965. The van der Waals surface area contributed by atoms with E-state index in [1.807, 2.05) is 0 Å². The van der Waals surface area contributed by atoms with Gasteiger partial charge in [-0.25, -0.2) is 0 Å². The van der Waals surface area contributed by atoms with E-state index in [-0.39, 0.29) is 13.2 Å². The van der Waals surface area contributed by atoms with Crippen LogP contribution in [-0.2, 0) is 6.42 Å². The zero-order valence-electron chi connectivity index (χ0n) is 15.6. The lowest BCUT2D eigenvalue weighted by Crippen LogP contribution is -2.11. The first kappa shape index (κ1) is 17.6. The molecular weight excluding hydrogens is 328 g/mol. The Labute approximate surface area is 154 Å². The first-order valence-corrected chi connectivity index (χ1v) is 9.80. The van der Waals surface area contributed by atoms with Gasteiger partial charge in [-0.2, -0.15) is 0 Å². The van der Waals surface area contributed by atoms with E-state index in [0.29, 0.717) is 31.0 Å². The number of rotatable bonds is 7. The highest BCUT2D eigenvalue weighted by Gasteiger charge is 2.47. The summed E-state index contributed by atoms with van der Waals surface area (Å²) >= 11 is 0. The Hall–Kier alpha value is -1.78. The smallest absolute Gasteiger partial charge is 0.131 e. The van der Waals surface area contributed by atoms with Crippen molar-refractivity contribution in [2.45, 2.75) is 44.9 Å². The molecule has 3 unspecified atom stereocenters. The van der Waals surface area contributed by atoms with Crippen LogP contribution in [-0.4, -0.2) is 36.6 Å². The molecule has 0 radical (unpaired) electrons. The van der Waals surface area contributed by atoms with Gasteiger partial charge in [-0.1, -0.05) is 26.0 Å². The van der Waals surface area contributed by atoms with Crippen LogP contribution in [0.25, 0.3) is 10.8 Å². The number of hydrogen-bond donors (Lipinski definition) is 2. The van der Waals surface area contributed by atoms with Crippen molar-refractivity contribution in [3.8, 4) is 11.5 Å². The summed E-state index contributed by atoms with van der Waals surface area (Å²) in [5.41, 5.74) is 3.83. The zero-order valence-corrected chi connectivity index (χ0v) is 15.6. The lowest BCUT2D eigenvalue weighted by Gasteiger charge is -2.25. The summed E-state index contributed by atoms with van der Waals surface area (Å²) in [5.74, 6) is 3.45. The molecule has 0 amide bonds. The van der Waals surface area contributed by atoms with Gasteiger partial charge in [0.05, 0.1) is 13.2 Å². The van der Waals surface area contributed by atoms with Crippen LogP contribution >= 0.6 is 0 Å². The Morgan fingerprint density at radius 1 is 0.923 bits per heavy atom.